The fourth-order valence-corrected chi connectivity index (χ4v) is 3.66. The van der Waals surface area contributed by atoms with Gasteiger partial charge in [0.2, 0.25) is 10.0 Å². The Balaban J connectivity index is 2.12. The van der Waals surface area contributed by atoms with Crippen LogP contribution in [0.25, 0.3) is 0 Å². The molecule has 0 aliphatic carbocycles. The summed E-state index contributed by atoms with van der Waals surface area (Å²) in [6.45, 7) is 1.95. The van der Waals surface area contributed by atoms with Gasteiger partial charge in [-0.1, -0.05) is 0 Å². The highest BCUT2D eigenvalue weighted by atomic mass is 32.2. The van der Waals surface area contributed by atoms with Crippen molar-refractivity contribution in [3.63, 3.8) is 0 Å². The molecule has 2 heterocycles. The van der Waals surface area contributed by atoms with Crippen LogP contribution in [0, 0.1) is 6.92 Å². The molecule has 0 atom stereocenters. The standard InChI is InChI=1S/C12H14N2O3S2/c1-9-2-3-13-5-10(9)6-14-19(16,17)12-4-11(7-15)18-8-12/h2-5,8,14-15H,6-7H2,1H3. The molecule has 0 aliphatic heterocycles. The number of aryl methyl sites for hydroxylation is 1. The van der Waals surface area contributed by atoms with Crippen molar-refractivity contribution in [1.29, 1.82) is 0 Å². The molecule has 0 spiro atoms. The summed E-state index contributed by atoms with van der Waals surface area (Å²) >= 11 is 1.22. The van der Waals surface area contributed by atoms with Gasteiger partial charge in [-0.25, -0.2) is 13.1 Å². The molecule has 2 rings (SSSR count). The fourth-order valence-electron chi connectivity index (χ4n) is 1.52. The Morgan fingerprint density at radius 2 is 2.26 bits per heavy atom. The van der Waals surface area contributed by atoms with Crippen molar-refractivity contribution in [3.05, 3.63) is 45.9 Å². The lowest BCUT2D eigenvalue weighted by Crippen LogP contribution is -2.23. The highest BCUT2D eigenvalue weighted by Gasteiger charge is 2.16. The number of nitrogens with zero attached hydrogens (tertiary/aromatic N) is 1. The van der Waals surface area contributed by atoms with Crippen molar-refractivity contribution in [2.24, 2.45) is 0 Å². The van der Waals surface area contributed by atoms with Crippen LogP contribution in [0.15, 0.2) is 34.8 Å². The number of sulfonamides is 1. The SMILES string of the molecule is Cc1ccncc1CNS(=O)(=O)c1csc(CO)c1. The number of aromatic nitrogens is 1. The van der Waals surface area contributed by atoms with E-state index in [0.717, 1.165) is 11.1 Å². The van der Waals surface area contributed by atoms with Crippen LogP contribution in [0.5, 0.6) is 0 Å². The second-order valence-corrected chi connectivity index (χ2v) is 6.80. The van der Waals surface area contributed by atoms with Crippen LogP contribution in [0.2, 0.25) is 0 Å². The Hall–Kier alpha value is -1.28. The first kappa shape index (κ1) is 14.1. The van der Waals surface area contributed by atoms with Gasteiger partial charge in [-0.2, -0.15) is 0 Å². The quantitative estimate of drug-likeness (QED) is 0.875. The van der Waals surface area contributed by atoms with E-state index < -0.39 is 10.0 Å². The van der Waals surface area contributed by atoms with Crippen LogP contribution in [-0.4, -0.2) is 18.5 Å². The second kappa shape index (κ2) is 5.79. The van der Waals surface area contributed by atoms with Gasteiger partial charge in [-0.3, -0.25) is 4.98 Å². The smallest absolute Gasteiger partial charge is 0.241 e. The molecule has 0 unspecified atom stereocenters. The van der Waals surface area contributed by atoms with Crippen molar-refractivity contribution in [2.45, 2.75) is 25.0 Å². The topological polar surface area (TPSA) is 79.3 Å². The van der Waals surface area contributed by atoms with Gasteiger partial charge < -0.3 is 5.11 Å². The molecule has 19 heavy (non-hydrogen) atoms. The number of nitrogens with one attached hydrogen (secondary N) is 1. The van der Waals surface area contributed by atoms with Crippen LogP contribution in [-0.2, 0) is 23.2 Å². The molecule has 2 N–H and O–H groups in total. The summed E-state index contributed by atoms with van der Waals surface area (Å²) in [6, 6.07) is 3.31. The van der Waals surface area contributed by atoms with Crippen LogP contribution >= 0.6 is 11.3 Å². The molecular weight excluding hydrogens is 284 g/mol. The van der Waals surface area contributed by atoms with Crippen molar-refractivity contribution in [1.82, 2.24) is 9.71 Å². The fraction of sp³-hybridized carbons (Fsp3) is 0.250. The molecule has 102 valence electrons. The zero-order valence-corrected chi connectivity index (χ0v) is 12.0. The van der Waals surface area contributed by atoms with Gasteiger partial charge in [-0.15, -0.1) is 11.3 Å². The number of hydrogen-bond acceptors (Lipinski definition) is 5. The average Bonchev–Trinajstić information content (AvgIpc) is 2.87. The number of thiophene rings is 1. The highest BCUT2D eigenvalue weighted by molar-refractivity contribution is 7.89. The van der Waals surface area contributed by atoms with Crippen molar-refractivity contribution >= 4 is 21.4 Å². The van der Waals surface area contributed by atoms with Gasteiger partial charge in [0.1, 0.15) is 0 Å². The molecule has 0 aromatic carbocycles. The Bertz CT molecular complexity index is 665. The van der Waals surface area contributed by atoms with Crippen LogP contribution in [0.3, 0.4) is 0 Å². The van der Waals surface area contributed by atoms with Crippen LogP contribution < -0.4 is 4.72 Å². The summed E-state index contributed by atoms with van der Waals surface area (Å²) in [7, 11) is -3.54. The van der Waals surface area contributed by atoms with Gasteiger partial charge >= 0.3 is 0 Å². The van der Waals surface area contributed by atoms with Gasteiger partial charge in [0.05, 0.1) is 11.5 Å². The Kier molecular flexibility index (Phi) is 4.31. The van der Waals surface area contributed by atoms with Gasteiger partial charge in [0, 0.05) is 29.2 Å². The molecule has 0 aliphatic rings. The third-order valence-electron chi connectivity index (χ3n) is 2.70. The van der Waals surface area contributed by atoms with E-state index >= 15 is 0 Å². The minimum Gasteiger partial charge on any atom is -0.391 e. The third kappa shape index (κ3) is 3.38. The molecule has 0 bridgehead atoms. The number of aliphatic hydroxyl groups excluding tert-OH is 1. The maximum atomic E-state index is 12.0. The molecule has 2 aromatic heterocycles. The summed E-state index contributed by atoms with van der Waals surface area (Å²) in [5.74, 6) is 0. The molecule has 5 nitrogen and oxygen atoms in total. The Labute approximate surface area is 116 Å². The molecule has 0 radical (unpaired) electrons. The molecule has 2 aromatic rings. The van der Waals surface area contributed by atoms with Crippen LogP contribution in [0.4, 0.5) is 0 Å². The predicted molar refractivity (Wildman–Crippen MR) is 73.2 cm³/mol. The molecule has 0 saturated heterocycles. The summed E-state index contributed by atoms with van der Waals surface area (Å²) in [4.78, 5) is 4.78. The average molecular weight is 298 g/mol. The van der Waals surface area contributed by atoms with E-state index in [1.54, 1.807) is 12.4 Å². The molecule has 0 saturated carbocycles. The summed E-state index contributed by atoms with van der Waals surface area (Å²) in [5.41, 5.74) is 1.82. The number of pyridine rings is 1. The minimum atomic E-state index is -3.54. The highest BCUT2D eigenvalue weighted by Crippen LogP contribution is 2.19. The molecule has 0 fully saturated rings. The minimum absolute atomic E-state index is 0.151. The number of hydrogen-bond donors (Lipinski definition) is 2. The van der Waals surface area contributed by atoms with E-state index in [1.165, 1.54) is 22.8 Å². The maximum Gasteiger partial charge on any atom is 0.241 e. The monoisotopic (exact) mass is 298 g/mol. The summed E-state index contributed by atoms with van der Waals surface area (Å²) < 4.78 is 26.6. The number of rotatable bonds is 5. The predicted octanol–water partition coefficient (Wildman–Crippen LogP) is 1.42. The molecule has 0 amide bonds. The van der Waals surface area contributed by atoms with Crippen molar-refractivity contribution < 1.29 is 13.5 Å². The normalized spacial score (nSPS) is 11.7. The van der Waals surface area contributed by atoms with E-state index in [4.69, 9.17) is 5.11 Å². The lowest BCUT2D eigenvalue weighted by Gasteiger charge is -2.07. The van der Waals surface area contributed by atoms with Gasteiger partial charge in [0.25, 0.3) is 0 Å². The lowest BCUT2D eigenvalue weighted by molar-refractivity contribution is 0.285. The first-order valence-electron chi connectivity index (χ1n) is 5.60. The van der Waals surface area contributed by atoms with E-state index in [9.17, 15) is 8.42 Å². The van der Waals surface area contributed by atoms with Gasteiger partial charge in [-0.05, 0) is 30.2 Å². The lowest BCUT2D eigenvalue weighted by atomic mass is 10.2. The van der Waals surface area contributed by atoms with Crippen LogP contribution in [0.1, 0.15) is 16.0 Å². The first-order valence-corrected chi connectivity index (χ1v) is 7.96. The molecule has 7 heteroatoms. The van der Waals surface area contributed by atoms with E-state index in [2.05, 4.69) is 9.71 Å². The number of aliphatic hydroxyl groups is 1. The third-order valence-corrected chi connectivity index (χ3v) is 5.15. The van der Waals surface area contributed by atoms with E-state index in [1.807, 2.05) is 13.0 Å². The van der Waals surface area contributed by atoms with E-state index in [0.29, 0.717) is 4.88 Å². The maximum absolute atomic E-state index is 12.0. The largest absolute Gasteiger partial charge is 0.391 e. The van der Waals surface area contributed by atoms with E-state index in [-0.39, 0.29) is 18.0 Å². The molecular formula is C12H14N2O3S2. The first-order chi connectivity index (χ1) is 9.03. The van der Waals surface area contributed by atoms with Crippen molar-refractivity contribution in [2.75, 3.05) is 0 Å². The Morgan fingerprint density at radius 3 is 2.89 bits per heavy atom. The zero-order chi connectivity index (χ0) is 13.9. The summed E-state index contributed by atoms with van der Waals surface area (Å²) in [5, 5.41) is 10.5. The van der Waals surface area contributed by atoms with Crippen molar-refractivity contribution in [3.8, 4) is 0 Å². The Morgan fingerprint density at radius 1 is 1.47 bits per heavy atom. The summed E-state index contributed by atoms with van der Waals surface area (Å²) in [6.07, 6.45) is 3.31. The second-order valence-electron chi connectivity index (χ2n) is 4.03. The zero-order valence-electron chi connectivity index (χ0n) is 10.3. The van der Waals surface area contributed by atoms with Gasteiger partial charge in [0.15, 0.2) is 0 Å².